The van der Waals surface area contributed by atoms with Gasteiger partial charge in [0.25, 0.3) is 0 Å². The highest BCUT2D eigenvalue weighted by atomic mass is 28.3. The van der Waals surface area contributed by atoms with Crippen LogP contribution in [0.25, 0.3) is 0 Å². The van der Waals surface area contributed by atoms with E-state index in [9.17, 15) is 0 Å². The lowest BCUT2D eigenvalue weighted by molar-refractivity contribution is 0.274. The van der Waals surface area contributed by atoms with Crippen molar-refractivity contribution in [3.63, 3.8) is 0 Å². The first-order valence-electron chi connectivity index (χ1n) is 5.27. The number of hydrogen-bond donors (Lipinski definition) is 1. The molecule has 1 aromatic rings. The zero-order valence-corrected chi connectivity index (χ0v) is 11.3. The molecule has 0 spiro atoms. The van der Waals surface area contributed by atoms with Crippen LogP contribution in [0.1, 0.15) is 11.1 Å². The Morgan fingerprint density at radius 3 is 2.50 bits per heavy atom. The predicted octanol–water partition coefficient (Wildman–Crippen LogP) is 2.42. The standard InChI is InChI=1S/C13H18O2Si/c1-15-13-9-11(5-6-12(13)10-14)7-8-16(2,3)4/h5-6,9,14H,10H2,1-4H3. The summed E-state index contributed by atoms with van der Waals surface area (Å²) in [5.41, 5.74) is 5.03. The van der Waals surface area contributed by atoms with E-state index < -0.39 is 8.07 Å². The van der Waals surface area contributed by atoms with Crippen LogP contribution in [0.5, 0.6) is 5.75 Å². The van der Waals surface area contributed by atoms with Crippen molar-refractivity contribution in [3.8, 4) is 17.2 Å². The molecule has 0 aromatic heterocycles. The third kappa shape index (κ3) is 3.73. The molecule has 1 aromatic carbocycles. The second kappa shape index (κ2) is 5.20. The monoisotopic (exact) mass is 234 g/mol. The number of aliphatic hydroxyl groups excluding tert-OH is 1. The van der Waals surface area contributed by atoms with E-state index >= 15 is 0 Å². The van der Waals surface area contributed by atoms with Gasteiger partial charge < -0.3 is 9.84 Å². The Labute approximate surface area is 98.3 Å². The largest absolute Gasteiger partial charge is 0.496 e. The molecule has 0 saturated heterocycles. The maximum Gasteiger partial charge on any atom is 0.129 e. The van der Waals surface area contributed by atoms with Crippen molar-refractivity contribution in [2.45, 2.75) is 26.2 Å². The fraction of sp³-hybridized carbons (Fsp3) is 0.385. The Hall–Kier alpha value is -1.24. The molecule has 0 heterocycles. The molecule has 1 N–H and O–H groups in total. The van der Waals surface area contributed by atoms with Crippen LogP contribution in [-0.2, 0) is 6.61 Å². The Morgan fingerprint density at radius 2 is 2.00 bits per heavy atom. The van der Waals surface area contributed by atoms with Crippen molar-refractivity contribution in [1.29, 1.82) is 0 Å². The van der Waals surface area contributed by atoms with Crippen molar-refractivity contribution in [3.05, 3.63) is 29.3 Å². The van der Waals surface area contributed by atoms with E-state index in [1.165, 1.54) is 0 Å². The van der Waals surface area contributed by atoms with Crippen LogP contribution in [0.2, 0.25) is 19.6 Å². The first kappa shape index (κ1) is 12.8. The third-order valence-electron chi connectivity index (χ3n) is 2.04. The lowest BCUT2D eigenvalue weighted by Crippen LogP contribution is -2.16. The summed E-state index contributed by atoms with van der Waals surface area (Å²) in [4.78, 5) is 0. The molecule has 16 heavy (non-hydrogen) atoms. The van der Waals surface area contributed by atoms with Gasteiger partial charge in [-0.15, -0.1) is 5.54 Å². The zero-order chi connectivity index (χ0) is 12.2. The molecule has 0 radical (unpaired) electrons. The summed E-state index contributed by atoms with van der Waals surface area (Å²) in [5, 5.41) is 9.09. The highest BCUT2D eigenvalue weighted by molar-refractivity contribution is 6.83. The molecule has 2 nitrogen and oxygen atoms in total. The molecular weight excluding hydrogens is 216 g/mol. The summed E-state index contributed by atoms with van der Waals surface area (Å²) in [7, 11) is 0.261. The van der Waals surface area contributed by atoms with Crippen LogP contribution in [0.4, 0.5) is 0 Å². The number of methoxy groups -OCH3 is 1. The summed E-state index contributed by atoms with van der Waals surface area (Å²) in [6.07, 6.45) is 0. The van der Waals surface area contributed by atoms with Gasteiger partial charge in [0.2, 0.25) is 0 Å². The molecule has 1 rings (SSSR count). The number of rotatable bonds is 2. The molecule has 0 amide bonds. The van der Waals surface area contributed by atoms with Crippen LogP contribution in [0.3, 0.4) is 0 Å². The highest BCUT2D eigenvalue weighted by Gasteiger charge is 2.08. The van der Waals surface area contributed by atoms with E-state index in [4.69, 9.17) is 9.84 Å². The summed E-state index contributed by atoms with van der Waals surface area (Å²) >= 11 is 0. The Balaban J connectivity index is 3.03. The third-order valence-corrected chi connectivity index (χ3v) is 2.91. The first-order valence-corrected chi connectivity index (χ1v) is 8.77. The van der Waals surface area contributed by atoms with Crippen molar-refractivity contribution in [2.24, 2.45) is 0 Å². The van der Waals surface area contributed by atoms with E-state index in [0.717, 1.165) is 11.1 Å². The van der Waals surface area contributed by atoms with Gasteiger partial charge in [0.1, 0.15) is 13.8 Å². The van der Waals surface area contributed by atoms with Crippen LogP contribution >= 0.6 is 0 Å². The van der Waals surface area contributed by atoms with Gasteiger partial charge in [-0.05, 0) is 12.1 Å². The minimum atomic E-state index is -1.34. The topological polar surface area (TPSA) is 29.5 Å². The van der Waals surface area contributed by atoms with Gasteiger partial charge >= 0.3 is 0 Å². The molecule has 0 aliphatic rings. The summed E-state index contributed by atoms with van der Waals surface area (Å²) < 4.78 is 5.19. The lowest BCUT2D eigenvalue weighted by atomic mass is 10.1. The Kier molecular flexibility index (Phi) is 4.16. The maximum atomic E-state index is 9.09. The normalized spacial score (nSPS) is 10.6. The van der Waals surface area contributed by atoms with Gasteiger partial charge in [-0.3, -0.25) is 0 Å². The maximum absolute atomic E-state index is 9.09. The van der Waals surface area contributed by atoms with E-state index in [-0.39, 0.29) is 6.61 Å². The van der Waals surface area contributed by atoms with Crippen molar-refractivity contribution >= 4 is 8.07 Å². The zero-order valence-electron chi connectivity index (χ0n) is 10.3. The smallest absolute Gasteiger partial charge is 0.129 e. The number of benzene rings is 1. The first-order chi connectivity index (χ1) is 7.46. The lowest BCUT2D eigenvalue weighted by Gasteiger charge is -2.07. The summed E-state index contributed by atoms with van der Waals surface area (Å²) in [6, 6.07) is 5.65. The summed E-state index contributed by atoms with van der Waals surface area (Å²) in [6.45, 7) is 6.61. The molecule has 0 bridgehead atoms. The minimum Gasteiger partial charge on any atom is -0.496 e. The molecule has 0 saturated carbocycles. The molecule has 0 atom stereocenters. The fourth-order valence-electron chi connectivity index (χ4n) is 1.21. The van der Waals surface area contributed by atoms with E-state index in [0.29, 0.717) is 5.75 Å². The number of aliphatic hydroxyl groups is 1. The molecule has 0 unspecified atom stereocenters. The van der Waals surface area contributed by atoms with Crippen LogP contribution in [0, 0.1) is 11.5 Å². The van der Waals surface area contributed by atoms with Crippen molar-refractivity contribution in [2.75, 3.05) is 7.11 Å². The SMILES string of the molecule is COc1cc(C#C[Si](C)(C)C)ccc1CO. The molecule has 0 aliphatic heterocycles. The average Bonchev–Trinajstić information content (AvgIpc) is 2.25. The molecule has 0 aliphatic carbocycles. The van der Waals surface area contributed by atoms with Gasteiger partial charge in [0.15, 0.2) is 0 Å². The van der Waals surface area contributed by atoms with Gasteiger partial charge in [-0.2, -0.15) is 0 Å². The van der Waals surface area contributed by atoms with Gasteiger partial charge in [0, 0.05) is 11.1 Å². The second-order valence-electron chi connectivity index (χ2n) is 4.68. The second-order valence-corrected chi connectivity index (χ2v) is 9.43. The molecular formula is C13H18O2Si. The van der Waals surface area contributed by atoms with Crippen molar-refractivity contribution in [1.82, 2.24) is 0 Å². The molecule has 3 heteroatoms. The minimum absolute atomic E-state index is 0.00903. The van der Waals surface area contributed by atoms with Crippen LogP contribution < -0.4 is 4.74 Å². The fourth-order valence-corrected chi connectivity index (χ4v) is 1.73. The number of ether oxygens (including phenoxy) is 1. The summed E-state index contributed by atoms with van der Waals surface area (Å²) in [5.74, 6) is 3.86. The van der Waals surface area contributed by atoms with E-state index in [2.05, 4.69) is 31.1 Å². The van der Waals surface area contributed by atoms with Gasteiger partial charge in [0.05, 0.1) is 13.7 Å². The molecule has 0 fully saturated rings. The van der Waals surface area contributed by atoms with Gasteiger partial charge in [-0.1, -0.05) is 31.6 Å². The van der Waals surface area contributed by atoms with Crippen LogP contribution in [-0.4, -0.2) is 20.3 Å². The number of hydrogen-bond acceptors (Lipinski definition) is 2. The van der Waals surface area contributed by atoms with Gasteiger partial charge in [-0.25, -0.2) is 0 Å². The Morgan fingerprint density at radius 1 is 1.31 bits per heavy atom. The van der Waals surface area contributed by atoms with E-state index in [1.807, 2.05) is 18.2 Å². The Bertz CT molecular complexity index is 422. The van der Waals surface area contributed by atoms with Crippen molar-refractivity contribution < 1.29 is 9.84 Å². The van der Waals surface area contributed by atoms with Crippen LogP contribution in [0.15, 0.2) is 18.2 Å². The highest BCUT2D eigenvalue weighted by Crippen LogP contribution is 2.19. The molecule has 86 valence electrons. The predicted molar refractivity (Wildman–Crippen MR) is 69.1 cm³/mol. The average molecular weight is 234 g/mol. The van der Waals surface area contributed by atoms with E-state index in [1.54, 1.807) is 7.11 Å². The quantitative estimate of drug-likeness (QED) is 0.629.